The fraction of sp³-hybridized carbons (Fsp3) is 0.200. The zero-order chi connectivity index (χ0) is 15.4. The van der Waals surface area contributed by atoms with Crippen molar-refractivity contribution in [2.45, 2.75) is 12.5 Å². The average molecular weight is 465 g/mol. The summed E-state index contributed by atoms with van der Waals surface area (Å²) in [5.74, 6) is 5.56. The molecule has 0 radical (unpaired) electrons. The molecule has 0 aliphatic carbocycles. The van der Waals surface area contributed by atoms with Crippen molar-refractivity contribution in [3.8, 4) is 5.75 Å². The van der Waals surface area contributed by atoms with Gasteiger partial charge in [-0.3, -0.25) is 11.3 Å². The lowest BCUT2D eigenvalue weighted by Crippen LogP contribution is -2.30. The highest BCUT2D eigenvalue weighted by Gasteiger charge is 2.15. The van der Waals surface area contributed by atoms with Gasteiger partial charge in [0.05, 0.1) is 13.2 Å². The molecule has 2 aromatic rings. The maximum atomic E-state index is 13.8. The van der Waals surface area contributed by atoms with Crippen molar-refractivity contribution in [2.24, 2.45) is 5.84 Å². The van der Waals surface area contributed by atoms with Crippen LogP contribution in [0.1, 0.15) is 17.2 Å². The smallest absolute Gasteiger partial charge is 0.165 e. The van der Waals surface area contributed by atoms with Crippen molar-refractivity contribution >= 4 is 38.5 Å². The fourth-order valence-electron chi connectivity index (χ4n) is 2.11. The molecule has 2 aromatic carbocycles. The highest BCUT2D eigenvalue weighted by Crippen LogP contribution is 2.27. The minimum Gasteiger partial charge on any atom is -0.494 e. The molecule has 3 N–H and O–H groups in total. The van der Waals surface area contributed by atoms with E-state index < -0.39 is 0 Å². The van der Waals surface area contributed by atoms with Gasteiger partial charge in [-0.25, -0.2) is 4.39 Å². The van der Waals surface area contributed by atoms with E-state index in [0.29, 0.717) is 6.42 Å². The molecule has 1 unspecified atom stereocenters. The first-order valence-corrected chi connectivity index (χ1v) is 8.15. The zero-order valence-corrected chi connectivity index (χ0v) is 15.1. The van der Waals surface area contributed by atoms with Crippen LogP contribution in [0, 0.1) is 9.39 Å². The van der Waals surface area contributed by atoms with E-state index >= 15 is 0 Å². The second kappa shape index (κ2) is 7.53. The Hall–Kier alpha value is -0.700. The van der Waals surface area contributed by atoms with Crippen molar-refractivity contribution in [2.75, 3.05) is 7.11 Å². The van der Waals surface area contributed by atoms with Gasteiger partial charge >= 0.3 is 0 Å². The third-order valence-corrected chi connectivity index (χ3v) is 4.67. The lowest BCUT2D eigenvalue weighted by molar-refractivity contribution is 0.386. The van der Waals surface area contributed by atoms with Crippen molar-refractivity contribution in [3.63, 3.8) is 0 Å². The van der Waals surface area contributed by atoms with E-state index in [1.54, 1.807) is 6.07 Å². The molecule has 3 nitrogen and oxygen atoms in total. The number of hydrogen-bond acceptors (Lipinski definition) is 3. The molecule has 0 saturated carbocycles. The molecule has 0 aliphatic heterocycles. The van der Waals surface area contributed by atoms with Crippen LogP contribution in [0.3, 0.4) is 0 Å². The van der Waals surface area contributed by atoms with Crippen LogP contribution >= 0.6 is 38.5 Å². The maximum absolute atomic E-state index is 13.8. The molecule has 0 heterocycles. The molecule has 0 spiro atoms. The first kappa shape index (κ1) is 16.7. The van der Waals surface area contributed by atoms with Gasteiger partial charge in [-0.05, 0) is 70.5 Å². The van der Waals surface area contributed by atoms with E-state index in [4.69, 9.17) is 10.6 Å². The summed E-state index contributed by atoms with van der Waals surface area (Å²) in [5, 5.41) is 0. The first-order chi connectivity index (χ1) is 10.0. The van der Waals surface area contributed by atoms with Crippen molar-refractivity contribution in [3.05, 3.63) is 61.4 Å². The number of ether oxygens (including phenoxy) is 1. The predicted molar refractivity (Wildman–Crippen MR) is 93.6 cm³/mol. The quantitative estimate of drug-likeness (QED) is 0.400. The Balaban J connectivity index is 2.26. The van der Waals surface area contributed by atoms with E-state index in [1.807, 2.05) is 24.3 Å². The molecule has 0 saturated heterocycles. The SMILES string of the molecule is COc1ccc(CC(NN)c2cc(Br)ccc2I)cc1F. The monoisotopic (exact) mass is 464 g/mol. The summed E-state index contributed by atoms with van der Waals surface area (Å²) in [6.07, 6.45) is 0.587. The Labute approximate surface area is 145 Å². The molecule has 6 heteroatoms. The van der Waals surface area contributed by atoms with E-state index in [1.165, 1.54) is 13.2 Å². The third kappa shape index (κ3) is 4.15. The van der Waals surface area contributed by atoms with Gasteiger partial charge < -0.3 is 4.74 Å². The van der Waals surface area contributed by atoms with Crippen molar-refractivity contribution < 1.29 is 9.13 Å². The summed E-state index contributed by atoms with van der Waals surface area (Å²) in [6, 6.07) is 10.9. The summed E-state index contributed by atoms with van der Waals surface area (Å²) in [6.45, 7) is 0. The number of nitrogens with one attached hydrogen (secondary N) is 1. The Morgan fingerprint density at radius 2 is 2.10 bits per heavy atom. The molecule has 0 aliphatic rings. The normalized spacial score (nSPS) is 12.2. The number of hydrazine groups is 1. The van der Waals surface area contributed by atoms with Crippen LogP contribution in [0.15, 0.2) is 40.9 Å². The number of nitrogens with two attached hydrogens (primary N) is 1. The molecule has 0 amide bonds. The molecule has 1 atom stereocenters. The van der Waals surface area contributed by atoms with Gasteiger partial charge in [-0.1, -0.05) is 22.0 Å². The van der Waals surface area contributed by atoms with Crippen LogP contribution in [0.25, 0.3) is 0 Å². The maximum Gasteiger partial charge on any atom is 0.165 e. The Kier molecular flexibility index (Phi) is 5.98. The zero-order valence-electron chi connectivity index (χ0n) is 11.4. The lowest BCUT2D eigenvalue weighted by atomic mass is 9.99. The Morgan fingerprint density at radius 3 is 2.71 bits per heavy atom. The summed E-state index contributed by atoms with van der Waals surface area (Å²) >= 11 is 5.73. The summed E-state index contributed by atoms with van der Waals surface area (Å²) in [7, 11) is 1.45. The van der Waals surface area contributed by atoms with Crippen LogP contribution in [0.5, 0.6) is 5.75 Å². The topological polar surface area (TPSA) is 47.3 Å². The summed E-state index contributed by atoms with van der Waals surface area (Å²) < 4.78 is 20.8. The highest BCUT2D eigenvalue weighted by molar-refractivity contribution is 14.1. The molecular weight excluding hydrogens is 450 g/mol. The van der Waals surface area contributed by atoms with Gasteiger partial charge in [-0.2, -0.15) is 0 Å². The Morgan fingerprint density at radius 1 is 1.33 bits per heavy atom. The van der Waals surface area contributed by atoms with Crippen LogP contribution < -0.4 is 16.0 Å². The molecule has 0 bridgehead atoms. The number of halogens is 3. The average Bonchev–Trinajstić information content (AvgIpc) is 2.47. The molecule has 21 heavy (non-hydrogen) atoms. The van der Waals surface area contributed by atoms with Crippen LogP contribution in [0.4, 0.5) is 4.39 Å². The molecular formula is C15H15BrFIN2O. The van der Waals surface area contributed by atoms with Crippen molar-refractivity contribution in [1.82, 2.24) is 5.43 Å². The highest BCUT2D eigenvalue weighted by atomic mass is 127. The molecule has 0 aromatic heterocycles. The van der Waals surface area contributed by atoms with Crippen LogP contribution in [0.2, 0.25) is 0 Å². The predicted octanol–water partition coefficient (Wildman–Crippen LogP) is 3.95. The van der Waals surface area contributed by atoms with Gasteiger partial charge in [0.15, 0.2) is 11.6 Å². The minimum atomic E-state index is -0.366. The van der Waals surface area contributed by atoms with Gasteiger partial charge in [-0.15, -0.1) is 0 Å². The second-order valence-corrected chi connectivity index (χ2v) is 6.64. The minimum absolute atomic E-state index is 0.0952. The number of rotatable bonds is 5. The van der Waals surface area contributed by atoms with Crippen LogP contribution in [-0.4, -0.2) is 7.11 Å². The van der Waals surface area contributed by atoms with E-state index in [2.05, 4.69) is 43.9 Å². The van der Waals surface area contributed by atoms with Gasteiger partial charge in [0, 0.05) is 8.04 Å². The van der Waals surface area contributed by atoms with Gasteiger partial charge in [0.1, 0.15) is 0 Å². The summed E-state index contributed by atoms with van der Waals surface area (Å²) in [4.78, 5) is 0. The lowest BCUT2D eigenvalue weighted by Gasteiger charge is -2.18. The number of hydrogen-bond donors (Lipinski definition) is 2. The van der Waals surface area contributed by atoms with Gasteiger partial charge in [0.2, 0.25) is 0 Å². The number of methoxy groups -OCH3 is 1. The van der Waals surface area contributed by atoms with Crippen molar-refractivity contribution in [1.29, 1.82) is 0 Å². The van der Waals surface area contributed by atoms with E-state index in [-0.39, 0.29) is 17.6 Å². The van der Waals surface area contributed by atoms with Crippen LogP contribution in [-0.2, 0) is 6.42 Å². The van der Waals surface area contributed by atoms with Gasteiger partial charge in [0.25, 0.3) is 0 Å². The largest absolute Gasteiger partial charge is 0.494 e. The molecule has 112 valence electrons. The van der Waals surface area contributed by atoms with E-state index in [0.717, 1.165) is 19.2 Å². The third-order valence-electron chi connectivity index (χ3n) is 3.19. The first-order valence-electron chi connectivity index (χ1n) is 6.28. The summed E-state index contributed by atoms with van der Waals surface area (Å²) in [5.41, 5.74) is 4.73. The Bertz CT molecular complexity index is 639. The number of benzene rings is 2. The molecule has 0 fully saturated rings. The second-order valence-electron chi connectivity index (χ2n) is 4.56. The fourth-order valence-corrected chi connectivity index (χ4v) is 3.20. The molecule has 2 rings (SSSR count). The van der Waals surface area contributed by atoms with E-state index in [9.17, 15) is 4.39 Å². The standard InChI is InChI=1S/C15H15BrFIN2O/c1-21-15-5-2-9(6-12(15)17)7-14(20-19)11-8-10(16)3-4-13(11)18/h2-6,8,14,20H,7,19H2,1H3.